The van der Waals surface area contributed by atoms with Crippen LogP contribution in [0, 0.1) is 6.92 Å². The lowest BCUT2D eigenvalue weighted by atomic mass is 10.2. The molecule has 2 heterocycles. The van der Waals surface area contributed by atoms with E-state index in [2.05, 4.69) is 15.2 Å². The Balaban J connectivity index is 1.31. The summed E-state index contributed by atoms with van der Waals surface area (Å²) in [6.45, 7) is 2.97. The predicted octanol–water partition coefficient (Wildman–Crippen LogP) is 4.45. The number of rotatable bonds is 5. The number of aromatic nitrogens is 2. The van der Waals surface area contributed by atoms with Crippen LogP contribution in [0.2, 0.25) is 0 Å². The zero-order chi connectivity index (χ0) is 22.7. The molecule has 1 unspecified atom stereocenters. The first kappa shape index (κ1) is 21.5. The second kappa shape index (κ2) is 8.81. The summed E-state index contributed by atoms with van der Waals surface area (Å²) in [5.74, 6) is 0.0894. The first-order chi connectivity index (χ1) is 15.3. The zero-order valence-corrected chi connectivity index (χ0v) is 17.2. The van der Waals surface area contributed by atoms with Crippen LogP contribution in [0.1, 0.15) is 12.1 Å². The van der Waals surface area contributed by atoms with Gasteiger partial charge >= 0.3 is 12.5 Å². The van der Waals surface area contributed by atoms with Gasteiger partial charge in [-0.3, -0.25) is 0 Å². The van der Waals surface area contributed by atoms with Crippen LogP contribution in [0.25, 0.3) is 5.69 Å². The molecule has 10 heteroatoms. The minimum absolute atomic E-state index is 0.155. The van der Waals surface area contributed by atoms with E-state index in [0.717, 1.165) is 11.4 Å². The zero-order valence-electron chi connectivity index (χ0n) is 17.2. The van der Waals surface area contributed by atoms with Gasteiger partial charge in [-0.2, -0.15) is 5.10 Å². The molecule has 32 heavy (non-hydrogen) atoms. The molecule has 1 aliphatic rings. The molecule has 1 saturated heterocycles. The van der Waals surface area contributed by atoms with E-state index in [-0.39, 0.29) is 11.8 Å². The highest BCUT2D eigenvalue weighted by atomic mass is 19.4. The molecule has 1 fully saturated rings. The molecule has 0 radical (unpaired) electrons. The standard InChI is InChI=1S/C22H21F3N4O3/c1-15-20(13-26-29(15)18-5-3-2-4-6-18)31-21(30)27-16-11-12-28(14-16)17-7-9-19(10-8-17)32-22(23,24)25/h2-10,13,16H,11-12,14H2,1H3,(H,27,30). The van der Waals surface area contributed by atoms with E-state index in [9.17, 15) is 18.0 Å². The third-order valence-electron chi connectivity index (χ3n) is 5.11. The van der Waals surface area contributed by atoms with Crippen LogP contribution in [0.3, 0.4) is 0 Å². The molecular weight excluding hydrogens is 425 g/mol. The number of alkyl halides is 3. The number of benzene rings is 2. The first-order valence-electron chi connectivity index (χ1n) is 9.97. The van der Waals surface area contributed by atoms with Crippen LogP contribution in [-0.4, -0.2) is 41.4 Å². The van der Waals surface area contributed by atoms with Crippen molar-refractivity contribution in [3.05, 3.63) is 66.5 Å². The van der Waals surface area contributed by atoms with Crippen LogP contribution in [-0.2, 0) is 0 Å². The summed E-state index contributed by atoms with van der Waals surface area (Å²) in [7, 11) is 0. The van der Waals surface area contributed by atoms with E-state index < -0.39 is 12.5 Å². The van der Waals surface area contributed by atoms with E-state index in [0.29, 0.717) is 31.0 Å². The van der Waals surface area contributed by atoms with Gasteiger partial charge in [0, 0.05) is 18.8 Å². The highest BCUT2D eigenvalue weighted by Gasteiger charge is 2.31. The lowest BCUT2D eigenvalue weighted by Crippen LogP contribution is -2.38. The van der Waals surface area contributed by atoms with Crippen molar-refractivity contribution in [2.24, 2.45) is 0 Å². The Morgan fingerprint density at radius 3 is 2.50 bits per heavy atom. The van der Waals surface area contributed by atoms with Crippen molar-refractivity contribution < 1.29 is 27.4 Å². The summed E-state index contributed by atoms with van der Waals surface area (Å²) in [5.41, 5.74) is 2.30. The lowest BCUT2D eigenvalue weighted by molar-refractivity contribution is -0.274. The quantitative estimate of drug-likeness (QED) is 0.627. The van der Waals surface area contributed by atoms with Crippen LogP contribution in [0.15, 0.2) is 60.8 Å². The Morgan fingerprint density at radius 2 is 1.81 bits per heavy atom. The molecule has 168 valence electrons. The summed E-state index contributed by atoms with van der Waals surface area (Å²) in [4.78, 5) is 14.3. The number of halogens is 3. The van der Waals surface area contributed by atoms with Crippen molar-refractivity contribution in [3.8, 4) is 17.2 Å². The second-order valence-corrected chi connectivity index (χ2v) is 7.35. The fraction of sp³-hybridized carbons (Fsp3) is 0.273. The second-order valence-electron chi connectivity index (χ2n) is 7.35. The highest BCUT2D eigenvalue weighted by Crippen LogP contribution is 2.27. The number of hydrogen-bond acceptors (Lipinski definition) is 5. The van der Waals surface area contributed by atoms with Crippen molar-refractivity contribution in [1.29, 1.82) is 0 Å². The van der Waals surface area contributed by atoms with Crippen molar-refractivity contribution in [2.75, 3.05) is 18.0 Å². The van der Waals surface area contributed by atoms with Crippen LogP contribution in [0.4, 0.5) is 23.7 Å². The van der Waals surface area contributed by atoms with E-state index in [4.69, 9.17) is 4.74 Å². The number of ether oxygens (including phenoxy) is 2. The number of para-hydroxylation sites is 1. The molecule has 0 aliphatic carbocycles. The van der Waals surface area contributed by atoms with E-state index in [1.165, 1.54) is 18.3 Å². The SMILES string of the molecule is Cc1c(OC(=O)NC2CCN(c3ccc(OC(F)(F)F)cc3)C2)cnn1-c1ccccc1. The molecular formula is C22H21F3N4O3. The third-order valence-corrected chi connectivity index (χ3v) is 5.11. The number of hydrogen-bond donors (Lipinski definition) is 1. The van der Waals surface area contributed by atoms with Crippen molar-refractivity contribution in [1.82, 2.24) is 15.1 Å². The monoisotopic (exact) mass is 446 g/mol. The topological polar surface area (TPSA) is 68.6 Å². The Kier molecular flexibility index (Phi) is 5.93. The summed E-state index contributed by atoms with van der Waals surface area (Å²) >= 11 is 0. The van der Waals surface area contributed by atoms with Gasteiger partial charge in [-0.25, -0.2) is 9.48 Å². The van der Waals surface area contributed by atoms with Gasteiger partial charge in [-0.1, -0.05) is 18.2 Å². The molecule has 1 aliphatic heterocycles. The maximum absolute atomic E-state index is 12.4. The molecule has 0 saturated carbocycles. The minimum atomic E-state index is -4.72. The van der Waals surface area contributed by atoms with Gasteiger partial charge in [0.1, 0.15) is 5.75 Å². The van der Waals surface area contributed by atoms with Crippen LogP contribution in [0.5, 0.6) is 11.5 Å². The number of carbonyl (C=O) groups excluding carboxylic acids is 1. The van der Waals surface area contributed by atoms with Gasteiger partial charge in [-0.15, -0.1) is 13.2 Å². The molecule has 2 aromatic carbocycles. The van der Waals surface area contributed by atoms with Gasteiger partial charge in [0.05, 0.1) is 23.6 Å². The number of nitrogens with one attached hydrogen (secondary N) is 1. The highest BCUT2D eigenvalue weighted by molar-refractivity contribution is 5.71. The average molecular weight is 446 g/mol. The van der Waals surface area contributed by atoms with Crippen molar-refractivity contribution in [3.63, 3.8) is 0 Å². The van der Waals surface area contributed by atoms with Crippen molar-refractivity contribution >= 4 is 11.8 Å². The Labute approximate surface area is 182 Å². The summed E-state index contributed by atoms with van der Waals surface area (Å²) in [5, 5.41) is 7.11. The molecule has 1 aromatic heterocycles. The maximum Gasteiger partial charge on any atom is 0.573 e. The fourth-order valence-electron chi connectivity index (χ4n) is 3.59. The Morgan fingerprint density at radius 1 is 1.09 bits per heavy atom. The fourth-order valence-corrected chi connectivity index (χ4v) is 3.59. The number of carbonyl (C=O) groups is 1. The summed E-state index contributed by atoms with van der Waals surface area (Å²) in [6, 6.07) is 15.0. The number of anilines is 1. The molecule has 3 aromatic rings. The molecule has 1 amide bonds. The van der Waals surface area contributed by atoms with Gasteiger partial charge < -0.3 is 19.7 Å². The predicted molar refractivity (Wildman–Crippen MR) is 111 cm³/mol. The summed E-state index contributed by atoms with van der Waals surface area (Å²) < 4.78 is 47.9. The Bertz CT molecular complexity index is 1070. The Hall–Kier alpha value is -3.69. The van der Waals surface area contributed by atoms with Crippen molar-refractivity contribution in [2.45, 2.75) is 25.7 Å². The van der Waals surface area contributed by atoms with E-state index in [1.54, 1.807) is 16.8 Å². The average Bonchev–Trinajstić information content (AvgIpc) is 3.35. The largest absolute Gasteiger partial charge is 0.573 e. The van der Waals surface area contributed by atoms with Crippen LogP contribution < -0.4 is 19.7 Å². The molecule has 1 N–H and O–H groups in total. The summed E-state index contributed by atoms with van der Waals surface area (Å²) in [6.07, 6.45) is -3.13. The van der Waals surface area contributed by atoms with Gasteiger partial charge in [0.25, 0.3) is 0 Å². The number of nitrogens with zero attached hydrogens (tertiary/aromatic N) is 3. The number of amides is 1. The molecule has 0 spiro atoms. The molecule has 0 bridgehead atoms. The van der Waals surface area contributed by atoms with Crippen LogP contribution >= 0.6 is 0 Å². The lowest BCUT2D eigenvalue weighted by Gasteiger charge is -2.19. The first-order valence-corrected chi connectivity index (χ1v) is 9.97. The van der Waals surface area contributed by atoms with Gasteiger partial charge in [-0.05, 0) is 49.7 Å². The smallest absolute Gasteiger partial charge is 0.407 e. The normalized spacial score (nSPS) is 16.1. The maximum atomic E-state index is 12.4. The van der Waals surface area contributed by atoms with Gasteiger partial charge in [0.15, 0.2) is 5.75 Å². The van der Waals surface area contributed by atoms with E-state index in [1.807, 2.05) is 42.2 Å². The molecule has 7 nitrogen and oxygen atoms in total. The van der Waals surface area contributed by atoms with E-state index >= 15 is 0 Å². The third kappa shape index (κ3) is 5.13. The minimum Gasteiger partial charge on any atom is -0.407 e. The van der Waals surface area contributed by atoms with Gasteiger partial charge in [0.2, 0.25) is 0 Å². The molecule has 1 atom stereocenters. The molecule has 4 rings (SSSR count).